The average molecular weight is 286 g/mol. The highest BCUT2D eigenvalue weighted by Gasteiger charge is 2.36. The smallest absolute Gasteiger partial charge is 0.243 e. The number of halogens is 1. The van der Waals surface area contributed by atoms with Gasteiger partial charge >= 0.3 is 0 Å². The summed E-state index contributed by atoms with van der Waals surface area (Å²) >= 11 is 0. The molecule has 0 spiro atoms. The predicted molar refractivity (Wildman–Crippen MR) is 71.8 cm³/mol. The summed E-state index contributed by atoms with van der Waals surface area (Å²) in [4.78, 5) is 0.0721. The van der Waals surface area contributed by atoms with Crippen molar-refractivity contribution in [3.05, 3.63) is 29.6 Å². The van der Waals surface area contributed by atoms with Gasteiger partial charge in [0.1, 0.15) is 5.82 Å². The maximum absolute atomic E-state index is 13.4. The highest BCUT2D eigenvalue weighted by Crippen LogP contribution is 2.31. The zero-order chi connectivity index (χ0) is 14.0. The van der Waals surface area contributed by atoms with Crippen LogP contribution < -0.4 is 5.32 Å². The van der Waals surface area contributed by atoms with Crippen molar-refractivity contribution in [1.29, 1.82) is 0 Å². The van der Waals surface area contributed by atoms with Gasteiger partial charge < -0.3 is 5.32 Å². The molecular formula is C13H19FN2O2S. The Bertz CT molecular complexity index is 556. The summed E-state index contributed by atoms with van der Waals surface area (Å²) < 4.78 is 39.7. The van der Waals surface area contributed by atoms with Gasteiger partial charge in [0, 0.05) is 19.6 Å². The third kappa shape index (κ3) is 3.13. The van der Waals surface area contributed by atoms with Crippen LogP contribution in [0.5, 0.6) is 0 Å². The Morgan fingerprint density at radius 3 is 2.68 bits per heavy atom. The lowest BCUT2D eigenvalue weighted by atomic mass is 10.2. The van der Waals surface area contributed by atoms with Gasteiger partial charge in [0.25, 0.3) is 0 Å². The zero-order valence-corrected chi connectivity index (χ0v) is 12.0. The monoisotopic (exact) mass is 286 g/mol. The van der Waals surface area contributed by atoms with E-state index in [2.05, 4.69) is 5.32 Å². The number of nitrogens with zero attached hydrogens (tertiary/aromatic N) is 1. The maximum atomic E-state index is 13.4. The molecule has 1 fully saturated rings. The van der Waals surface area contributed by atoms with E-state index in [1.54, 1.807) is 7.05 Å². The van der Waals surface area contributed by atoms with Crippen molar-refractivity contribution < 1.29 is 12.8 Å². The number of hydrogen-bond donors (Lipinski definition) is 1. The molecule has 1 N–H and O–H groups in total. The summed E-state index contributed by atoms with van der Waals surface area (Å²) in [6.45, 7) is 3.09. The average Bonchev–Trinajstić information content (AvgIpc) is 3.20. The van der Waals surface area contributed by atoms with Gasteiger partial charge in [-0.1, -0.05) is 13.0 Å². The van der Waals surface area contributed by atoms with Crippen LogP contribution in [0.15, 0.2) is 23.1 Å². The van der Waals surface area contributed by atoms with Gasteiger partial charge in [-0.05, 0) is 37.1 Å². The molecule has 1 aromatic rings. The lowest BCUT2D eigenvalue weighted by molar-refractivity contribution is 0.462. The van der Waals surface area contributed by atoms with Gasteiger partial charge in [0.2, 0.25) is 10.0 Å². The molecule has 1 saturated carbocycles. The lowest BCUT2D eigenvalue weighted by Gasteiger charge is -2.19. The molecule has 0 unspecified atom stereocenters. The molecule has 0 amide bonds. The number of nitrogens with one attached hydrogen (secondary N) is 1. The van der Waals surface area contributed by atoms with Crippen molar-refractivity contribution in [3.63, 3.8) is 0 Å². The molecule has 4 nitrogen and oxygen atoms in total. The molecule has 0 aromatic heterocycles. The van der Waals surface area contributed by atoms with Gasteiger partial charge in [-0.2, -0.15) is 4.31 Å². The van der Waals surface area contributed by atoms with Crippen molar-refractivity contribution in [2.24, 2.45) is 0 Å². The molecule has 19 heavy (non-hydrogen) atoms. The molecule has 106 valence electrons. The van der Waals surface area contributed by atoms with E-state index in [0.717, 1.165) is 25.5 Å². The van der Waals surface area contributed by atoms with Crippen LogP contribution in [0.4, 0.5) is 4.39 Å². The molecule has 1 aliphatic carbocycles. The topological polar surface area (TPSA) is 49.4 Å². The van der Waals surface area contributed by atoms with E-state index in [9.17, 15) is 12.8 Å². The molecule has 6 heteroatoms. The molecule has 0 bridgehead atoms. The van der Waals surface area contributed by atoms with Crippen molar-refractivity contribution in [2.45, 2.75) is 37.2 Å². The van der Waals surface area contributed by atoms with Gasteiger partial charge in [0.05, 0.1) is 4.90 Å². The van der Waals surface area contributed by atoms with E-state index in [-0.39, 0.29) is 10.9 Å². The second-order valence-corrected chi connectivity index (χ2v) is 6.75. The van der Waals surface area contributed by atoms with E-state index in [1.807, 2.05) is 6.92 Å². The van der Waals surface area contributed by atoms with Gasteiger partial charge in [-0.25, -0.2) is 12.8 Å². The molecule has 0 atom stereocenters. The molecule has 0 aliphatic heterocycles. The van der Waals surface area contributed by atoms with Crippen LogP contribution in [0.3, 0.4) is 0 Å². The zero-order valence-electron chi connectivity index (χ0n) is 11.2. The Labute approximate surface area is 113 Å². The first kappa shape index (κ1) is 14.4. The van der Waals surface area contributed by atoms with E-state index in [4.69, 9.17) is 0 Å². The molecule has 0 saturated heterocycles. The van der Waals surface area contributed by atoms with Crippen LogP contribution in [0.1, 0.15) is 25.3 Å². The maximum Gasteiger partial charge on any atom is 0.243 e. The molecule has 0 radical (unpaired) electrons. The third-order valence-corrected chi connectivity index (χ3v) is 5.31. The third-order valence-electron chi connectivity index (χ3n) is 3.31. The second kappa shape index (κ2) is 5.56. The van der Waals surface area contributed by atoms with E-state index in [1.165, 1.54) is 16.4 Å². The fourth-order valence-corrected chi connectivity index (χ4v) is 3.61. The van der Waals surface area contributed by atoms with Crippen molar-refractivity contribution >= 4 is 10.0 Å². The Morgan fingerprint density at radius 2 is 2.11 bits per heavy atom. The predicted octanol–water partition coefficient (Wildman–Crippen LogP) is 1.72. The van der Waals surface area contributed by atoms with E-state index < -0.39 is 15.8 Å². The summed E-state index contributed by atoms with van der Waals surface area (Å²) in [5.41, 5.74) is 0.607. The molecular weight excluding hydrogens is 267 g/mol. The van der Waals surface area contributed by atoms with Crippen LogP contribution in [0, 0.1) is 5.82 Å². The van der Waals surface area contributed by atoms with Gasteiger partial charge in [-0.3, -0.25) is 0 Å². The quantitative estimate of drug-likeness (QED) is 0.866. The molecule has 0 heterocycles. The first-order valence-electron chi connectivity index (χ1n) is 6.44. The Kier molecular flexibility index (Phi) is 4.23. The lowest BCUT2D eigenvalue weighted by Crippen LogP contribution is -2.30. The van der Waals surface area contributed by atoms with Crippen molar-refractivity contribution in [1.82, 2.24) is 9.62 Å². The van der Waals surface area contributed by atoms with Crippen LogP contribution in [0.25, 0.3) is 0 Å². The van der Waals surface area contributed by atoms with Crippen LogP contribution in [-0.4, -0.2) is 32.4 Å². The molecule has 1 aromatic carbocycles. The fourth-order valence-electron chi connectivity index (χ4n) is 1.96. The first-order valence-corrected chi connectivity index (χ1v) is 7.88. The highest BCUT2D eigenvalue weighted by molar-refractivity contribution is 7.89. The summed E-state index contributed by atoms with van der Waals surface area (Å²) in [5.74, 6) is -0.525. The van der Waals surface area contributed by atoms with Crippen molar-refractivity contribution in [3.8, 4) is 0 Å². The standard InChI is InChI=1S/C13H19FN2O2S/c1-3-15-9-10-4-5-11(14)8-13(10)19(17,18)16(2)12-6-7-12/h4-5,8,12,15H,3,6-7,9H2,1-2H3. The number of sulfonamides is 1. The highest BCUT2D eigenvalue weighted by atomic mass is 32.2. The van der Waals surface area contributed by atoms with Crippen LogP contribution in [0.2, 0.25) is 0 Å². The number of benzene rings is 1. The number of rotatable bonds is 6. The van der Waals surface area contributed by atoms with E-state index >= 15 is 0 Å². The summed E-state index contributed by atoms with van der Waals surface area (Å²) in [6.07, 6.45) is 1.77. The van der Waals surface area contributed by atoms with Crippen molar-refractivity contribution in [2.75, 3.05) is 13.6 Å². The second-order valence-electron chi connectivity index (χ2n) is 4.78. The summed E-state index contributed by atoms with van der Waals surface area (Å²) in [5, 5.41) is 3.07. The van der Waals surface area contributed by atoms with Gasteiger partial charge in [-0.15, -0.1) is 0 Å². The van der Waals surface area contributed by atoms with Gasteiger partial charge in [0.15, 0.2) is 0 Å². The largest absolute Gasteiger partial charge is 0.313 e. The fraction of sp³-hybridized carbons (Fsp3) is 0.538. The minimum absolute atomic E-state index is 0.0697. The van der Waals surface area contributed by atoms with Crippen LogP contribution >= 0.6 is 0 Å². The molecule has 1 aliphatic rings. The van der Waals surface area contributed by atoms with E-state index in [0.29, 0.717) is 12.1 Å². The first-order chi connectivity index (χ1) is 8.96. The minimum Gasteiger partial charge on any atom is -0.313 e. The Morgan fingerprint density at radius 1 is 1.42 bits per heavy atom. The molecule has 2 rings (SSSR count). The normalized spacial score (nSPS) is 16.0. The van der Waals surface area contributed by atoms with Crippen LogP contribution in [-0.2, 0) is 16.6 Å². The summed E-state index contributed by atoms with van der Waals surface area (Å²) in [7, 11) is -2.04. The summed E-state index contributed by atoms with van der Waals surface area (Å²) in [6, 6.07) is 4.01. The Balaban J connectivity index is 2.38. The number of hydrogen-bond acceptors (Lipinski definition) is 3. The Hall–Kier alpha value is -0.980. The SMILES string of the molecule is CCNCc1ccc(F)cc1S(=O)(=O)N(C)C1CC1. The minimum atomic E-state index is -3.61.